The Kier molecular flexibility index (Phi) is 6.98. The summed E-state index contributed by atoms with van der Waals surface area (Å²) in [5, 5.41) is 41.0. The van der Waals surface area contributed by atoms with Gasteiger partial charge in [0.2, 0.25) is 0 Å². The van der Waals surface area contributed by atoms with Crippen LogP contribution in [0.5, 0.6) is 11.5 Å². The fourth-order valence-corrected chi connectivity index (χ4v) is 4.59. The van der Waals surface area contributed by atoms with Crippen LogP contribution in [0.1, 0.15) is 22.8 Å². The quantitative estimate of drug-likeness (QED) is 0.493. The molecule has 2 heterocycles. The molecule has 0 spiro atoms. The topological polar surface area (TPSA) is 109 Å². The summed E-state index contributed by atoms with van der Waals surface area (Å²) in [4.78, 5) is 1.15. The largest absolute Gasteiger partial charge is 0.486 e. The average Bonchev–Trinajstić information content (AvgIpc) is 2.80. The van der Waals surface area contributed by atoms with E-state index < -0.39 is 37.1 Å². The second-order valence-corrected chi connectivity index (χ2v) is 8.83. The SMILES string of the molecule is CSc1ccc(Cc2cc([C@@H]3O[C@H](CO)[C@@H](O)[C@H](O)[C@H]3O)c3c(c2Cl)OCCO3)cc1. The van der Waals surface area contributed by atoms with E-state index in [2.05, 4.69) is 0 Å². The molecule has 0 unspecified atom stereocenters. The molecule has 2 aliphatic heterocycles. The highest BCUT2D eigenvalue weighted by atomic mass is 35.5. The fourth-order valence-electron chi connectivity index (χ4n) is 3.92. The Morgan fingerprint density at radius 3 is 2.32 bits per heavy atom. The third-order valence-corrected chi connectivity index (χ3v) is 6.77. The van der Waals surface area contributed by atoms with Crippen molar-refractivity contribution in [1.29, 1.82) is 0 Å². The Balaban J connectivity index is 1.75. The van der Waals surface area contributed by atoms with E-state index in [4.69, 9.17) is 25.8 Å². The predicted octanol–water partition coefficient (Wildman–Crippen LogP) is 1.94. The van der Waals surface area contributed by atoms with Crippen LogP contribution < -0.4 is 9.47 Å². The van der Waals surface area contributed by atoms with Gasteiger partial charge in [0.1, 0.15) is 43.7 Å². The van der Waals surface area contributed by atoms with Gasteiger partial charge in [-0.2, -0.15) is 0 Å². The number of aliphatic hydroxyl groups is 4. The van der Waals surface area contributed by atoms with E-state index in [0.29, 0.717) is 41.7 Å². The highest BCUT2D eigenvalue weighted by molar-refractivity contribution is 7.98. The maximum absolute atomic E-state index is 10.6. The number of hydrogen-bond donors (Lipinski definition) is 4. The Morgan fingerprint density at radius 2 is 1.68 bits per heavy atom. The first kappa shape index (κ1) is 22.7. The molecular weight excluding hydrogens is 444 g/mol. The van der Waals surface area contributed by atoms with Gasteiger partial charge in [-0.25, -0.2) is 0 Å². The lowest BCUT2D eigenvalue weighted by Gasteiger charge is -2.41. The minimum Gasteiger partial charge on any atom is -0.486 e. The summed E-state index contributed by atoms with van der Waals surface area (Å²) in [5.74, 6) is 0.695. The van der Waals surface area contributed by atoms with Crippen molar-refractivity contribution in [2.75, 3.05) is 26.1 Å². The first-order valence-corrected chi connectivity index (χ1v) is 11.6. The molecule has 2 aromatic carbocycles. The van der Waals surface area contributed by atoms with Crippen molar-refractivity contribution in [2.45, 2.75) is 41.8 Å². The van der Waals surface area contributed by atoms with Crippen LogP contribution in [0, 0.1) is 0 Å². The normalized spacial score (nSPS) is 27.9. The van der Waals surface area contributed by atoms with E-state index in [1.807, 2.05) is 30.5 Å². The first-order chi connectivity index (χ1) is 14.9. The third kappa shape index (κ3) is 4.39. The molecule has 1 saturated heterocycles. The number of fused-ring (bicyclic) bond motifs is 1. The molecule has 1 fully saturated rings. The summed E-state index contributed by atoms with van der Waals surface area (Å²) in [6.45, 7) is 0.110. The Morgan fingerprint density at radius 1 is 1.00 bits per heavy atom. The van der Waals surface area contributed by atoms with Gasteiger partial charge in [-0.3, -0.25) is 0 Å². The molecule has 0 aromatic heterocycles. The standard InChI is InChI=1S/C22H25ClO7S/c1-31-13-4-2-11(3-5-13)8-12-9-14(21-22(16(12)23)29-7-6-28-21)20-19(27)18(26)17(25)15(10-24)30-20/h2-5,9,15,17-20,24-27H,6-8,10H2,1H3/t15-,17-,18+,19-,20+/m1/s1. The van der Waals surface area contributed by atoms with Crippen LogP contribution in [0.4, 0.5) is 0 Å². The molecule has 2 aliphatic rings. The molecule has 2 aromatic rings. The Hall–Kier alpha value is -1.52. The van der Waals surface area contributed by atoms with Crippen LogP contribution in [0.3, 0.4) is 0 Å². The molecule has 0 amide bonds. The molecule has 4 rings (SSSR count). The molecule has 0 saturated carbocycles. The number of rotatable bonds is 5. The second kappa shape index (κ2) is 9.54. The first-order valence-electron chi connectivity index (χ1n) is 9.99. The zero-order valence-corrected chi connectivity index (χ0v) is 18.5. The van der Waals surface area contributed by atoms with Crippen molar-refractivity contribution in [3.63, 3.8) is 0 Å². The van der Waals surface area contributed by atoms with Crippen LogP contribution in [0.15, 0.2) is 35.2 Å². The van der Waals surface area contributed by atoms with Gasteiger partial charge in [-0.05, 0) is 42.0 Å². The molecular formula is C22H25ClO7S. The molecule has 168 valence electrons. The van der Waals surface area contributed by atoms with Crippen molar-refractivity contribution in [3.8, 4) is 11.5 Å². The van der Waals surface area contributed by atoms with E-state index in [-0.39, 0.29) is 0 Å². The molecule has 0 aliphatic carbocycles. The number of ether oxygens (including phenoxy) is 3. The molecule has 4 N–H and O–H groups in total. The third-order valence-electron chi connectivity index (χ3n) is 5.61. The van der Waals surface area contributed by atoms with Crippen LogP contribution in [-0.4, -0.2) is 70.9 Å². The zero-order valence-electron chi connectivity index (χ0n) is 16.9. The summed E-state index contributed by atoms with van der Waals surface area (Å²) >= 11 is 8.31. The summed E-state index contributed by atoms with van der Waals surface area (Å²) in [7, 11) is 0. The van der Waals surface area contributed by atoms with E-state index >= 15 is 0 Å². The van der Waals surface area contributed by atoms with Crippen molar-refractivity contribution in [3.05, 3.63) is 52.0 Å². The van der Waals surface area contributed by atoms with Crippen LogP contribution >= 0.6 is 23.4 Å². The summed E-state index contributed by atoms with van der Waals surface area (Å²) in [6.07, 6.45) is -3.90. The zero-order chi connectivity index (χ0) is 22.1. The Bertz CT molecular complexity index is 921. The molecule has 9 heteroatoms. The van der Waals surface area contributed by atoms with Crippen LogP contribution in [-0.2, 0) is 11.2 Å². The van der Waals surface area contributed by atoms with Gasteiger partial charge in [-0.1, -0.05) is 23.7 Å². The number of benzene rings is 2. The maximum atomic E-state index is 10.6. The summed E-state index contributed by atoms with van der Waals surface area (Å²) < 4.78 is 17.3. The van der Waals surface area contributed by atoms with E-state index in [1.54, 1.807) is 17.8 Å². The van der Waals surface area contributed by atoms with Gasteiger partial charge in [0.05, 0.1) is 11.6 Å². The maximum Gasteiger partial charge on any atom is 0.180 e. The number of aliphatic hydroxyl groups excluding tert-OH is 4. The van der Waals surface area contributed by atoms with Crippen molar-refractivity contribution < 1.29 is 34.6 Å². The number of halogens is 1. The van der Waals surface area contributed by atoms with Crippen LogP contribution in [0.2, 0.25) is 5.02 Å². The Labute approximate surface area is 189 Å². The van der Waals surface area contributed by atoms with Gasteiger partial charge in [0, 0.05) is 10.5 Å². The van der Waals surface area contributed by atoms with Gasteiger partial charge in [0.15, 0.2) is 11.5 Å². The van der Waals surface area contributed by atoms with E-state index in [0.717, 1.165) is 16.0 Å². The lowest BCUT2D eigenvalue weighted by molar-refractivity contribution is -0.232. The minimum atomic E-state index is -1.49. The van der Waals surface area contributed by atoms with Gasteiger partial charge in [-0.15, -0.1) is 11.8 Å². The molecule has 7 nitrogen and oxygen atoms in total. The monoisotopic (exact) mass is 468 g/mol. The van der Waals surface area contributed by atoms with Crippen molar-refractivity contribution in [2.24, 2.45) is 0 Å². The predicted molar refractivity (Wildman–Crippen MR) is 116 cm³/mol. The highest BCUT2D eigenvalue weighted by Crippen LogP contribution is 2.48. The van der Waals surface area contributed by atoms with Gasteiger partial charge in [0.25, 0.3) is 0 Å². The van der Waals surface area contributed by atoms with Crippen molar-refractivity contribution in [1.82, 2.24) is 0 Å². The molecule has 0 radical (unpaired) electrons. The molecule has 31 heavy (non-hydrogen) atoms. The molecule has 5 atom stereocenters. The second-order valence-electron chi connectivity index (χ2n) is 7.57. The lowest BCUT2D eigenvalue weighted by Crippen LogP contribution is -2.55. The van der Waals surface area contributed by atoms with E-state index in [9.17, 15) is 20.4 Å². The van der Waals surface area contributed by atoms with E-state index in [1.165, 1.54) is 0 Å². The highest BCUT2D eigenvalue weighted by Gasteiger charge is 2.45. The average molecular weight is 469 g/mol. The van der Waals surface area contributed by atoms with Crippen molar-refractivity contribution >= 4 is 23.4 Å². The fraction of sp³-hybridized carbons (Fsp3) is 0.455. The van der Waals surface area contributed by atoms with Crippen LogP contribution in [0.25, 0.3) is 0 Å². The van der Waals surface area contributed by atoms with Gasteiger partial charge < -0.3 is 34.6 Å². The summed E-state index contributed by atoms with van der Waals surface area (Å²) in [5.41, 5.74) is 2.23. The number of hydrogen-bond acceptors (Lipinski definition) is 8. The smallest absolute Gasteiger partial charge is 0.180 e. The minimum absolute atomic E-state index is 0.295. The van der Waals surface area contributed by atoms with Gasteiger partial charge >= 0.3 is 0 Å². The molecule has 0 bridgehead atoms. The number of thioether (sulfide) groups is 1. The lowest BCUT2D eigenvalue weighted by atomic mass is 9.89. The summed E-state index contributed by atoms with van der Waals surface area (Å²) in [6, 6.07) is 9.87.